The van der Waals surface area contributed by atoms with Crippen LogP contribution in [-0.2, 0) is 6.42 Å². The van der Waals surface area contributed by atoms with Gasteiger partial charge in [0, 0.05) is 43.9 Å². The molecule has 0 radical (unpaired) electrons. The molecule has 4 rings (SSSR count). The van der Waals surface area contributed by atoms with Gasteiger partial charge in [0.05, 0.1) is 14.2 Å². The molecule has 34 heavy (non-hydrogen) atoms. The summed E-state index contributed by atoms with van der Waals surface area (Å²) in [4.78, 5) is 26.6. The van der Waals surface area contributed by atoms with Gasteiger partial charge < -0.3 is 19.3 Å². The average Bonchev–Trinajstić information content (AvgIpc) is 2.84. The number of benzene rings is 2. The fourth-order valence-electron chi connectivity index (χ4n) is 4.38. The molecular weight excluding hydrogens is 435 g/mol. The van der Waals surface area contributed by atoms with E-state index in [-0.39, 0.29) is 11.7 Å². The van der Waals surface area contributed by atoms with Crippen molar-refractivity contribution in [3.63, 3.8) is 0 Å². The van der Waals surface area contributed by atoms with Crippen LogP contribution >= 0.6 is 0 Å². The Bertz CT molecular complexity index is 1170. The van der Waals surface area contributed by atoms with Gasteiger partial charge in [-0.05, 0) is 43.7 Å². The van der Waals surface area contributed by atoms with E-state index < -0.39 is 0 Å². The lowest BCUT2D eigenvalue weighted by atomic mass is 10.0. The summed E-state index contributed by atoms with van der Waals surface area (Å²) in [5.74, 6) is 2.13. The van der Waals surface area contributed by atoms with Gasteiger partial charge in [-0.15, -0.1) is 0 Å². The average molecular weight is 465 g/mol. The molecule has 7 nitrogen and oxygen atoms in total. The van der Waals surface area contributed by atoms with E-state index in [1.807, 2.05) is 24.8 Å². The van der Waals surface area contributed by atoms with E-state index in [0.29, 0.717) is 55.5 Å². The van der Waals surface area contributed by atoms with Crippen LogP contribution in [0.1, 0.15) is 33.0 Å². The molecular formula is C26H29FN4O3. The van der Waals surface area contributed by atoms with Crippen LogP contribution in [0.15, 0.2) is 42.5 Å². The van der Waals surface area contributed by atoms with Gasteiger partial charge in [0.25, 0.3) is 5.91 Å². The standard InChI is InChI=1S/C26H29FN4O3/c1-17-21(16-19-7-5-8-20(27)15-19)25(29-18(2)28-17)30-11-13-31(14-12-30)26(32)24-22(33-3)9-6-10-23(24)34-4/h5-10,15H,11-14,16H2,1-4H3. The third-order valence-electron chi connectivity index (χ3n) is 6.08. The number of halogens is 1. The molecule has 1 amide bonds. The number of carbonyl (C=O) groups excluding carboxylic acids is 1. The summed E-state index contributed by atoms with van der Waals surface area (Å²) in [5, 5.41) is 0. The number of aryl methyl sites for hydroxylation is 2. The summed E-state index contributed by atoms with van der Waals surface area (Å²) in [6, 6.07) is 11.9. The van der Waals surface area contributed by atoms with Gasteiger partial charge in [-0.1, -0.05) is 18.2 Å². The van der Waals surface area contributed by atoms with E-state index in [0.717, 1.165) is 22.6 Å². The molecule has 0 spiro atoms. The molecule has 1 saturated heterocycles. The van der Waals surface area contributed by atoms with Crippen molar-refractivity contribution in [2.24, 2.45) is 0 Å². The van der Waals surface area contributed by atoms with E-state index in [9.17, 15) is 9.18 Å². The second-order valence-corrected chi connectivity index (χ2v) is 8.28. The number of amides is 1. The SMILES string of the molecule is COc1cccc(OC)c1C(=O)N1CCN(c2nc(C)nc(C)c2Cc2cccc(F)c2)CC1. The van der Waals surface area contributed by atoms with Gasteiger partial charge in [0.2, 0.25) is 0 Å². The van der Waals surface area contributed by atoms with Crippen LogP contribution in [0.5, 0.6) is 11.5 Å². The molecule has 2 aromatic carbocycles. The minimum absolute atomic E-state index is 0.121. The maximum atomic E-state index is 13.8. The molecule has 3 aromatic rings. The Morgan fingerprint density at radius 2 is 1.62 bits per heavy atom. The van der Waals surface area contributed by atoms with Crippen molar-refractivity contribution < 1.29 is 18.7 Å². The third kappa shape index (κ3) is 4.81. The number of aromatic nitrogens is 2. The van der Waals surface area contributed by atoms with E-state index >= 15 is 0 Å². The highest BCUT2D eigenvalue weighted by Gasteiger charge is 2.28. The molecule has 1 aliphatic heterocycles. The maximum absolute atomic E-state index is 13.8. The van der Waals surface area contributed by atoms with E-state index in [2.05, 4.69) is 9.88 Å². The zero-order valence-corrected chi connectivity index (χ0v) is 20.0. The van der Waals surface area contributed by atoms with Crippen molar-refractivity contribution in [3.8, 4) is 11.5 Å². The Morgan fingerprint density at radius 3 is 2.24 bits per heavy atom. The van der Waals surface area contributed by atoms with Crippen molar-refractivity contribution >= 4 is 11.7 Å². The van der Waals surface area contributed by atoms with E-state index in [1.165, 1.54) is 6.07 Å². The Kier molecular flexibility index (Phi) is 6.95. The quantitative estimate of drug-likeness (QED) is 0.553. The summed E-state index contributed by atoms with van der Waals surface area (Å²) in [5.41, 5.74) is 3.15. The van der Waals surface area contributed by atoms with Crippen LogP contribution in [-0.4, -0.2) is 61.2 Å². The number of carbonyl (C=O) groups is 1. The number of anilines is 1. The lowest BCUT2D eigenvalue weighted by Crippen LogP contribution is -2.49. The molecule has 2 heterocycles. The largest absolute Gasteiger partial charge is 0.496 e. The van der Waals surface area contributed by atoms with Crippen molar-refractivity contribution in [2.75, 3.05) is 45.3 Å². The van der Waals surface area contributed by atoms with Gasteiger partial charge in [0.15, 0.2) is 0 Å². The Labute approximate surface area is 199 Å². The predicted molar refractivity (Wildman–Crippen MR) is 128 cm³/mol. The summed E-state index contributed by atoms with van der Waals surface area (Å²) >= 11 is 0. The number of methoxy groups -OCH3 is 2. The van der Waals surface area contributed by atoms with Crippen LogP contribution in [0.3, 0.4) is 0 Å². The molecule has 0 saturated carbocycles. The predicted octanol–water partition coefficient (Wildman–Crippen LogP) is 3.80. The van der Waals surface area contributed by atoms with Crippen LogP contribution in [0, 0.1) is 19.7 Å². The molecule has 0 atom stereocenters. The van der Waals surface area contributed by atoms with Crippen LogP contribution < -0.4 is 14.4 Å². The Morgan fingerprint density at radius 1 is 0.971 bits per heavy atom. The number of piperazine rings is 1. The first-order valence-electron chi connectivity index (χ1n) is 11.2. The smallest absolute Gasteiger partial charge is 0.261 e. The zero-order valence-electron chi connectivity index (χ0n) is 20.0. The van der Waals surface area contributed by atoms with Crippen molar-refractivity contribution in [2.45, 2.75) is 20.3 Å². The van der Waals surface area contributed by atoms with Crippen LogP contribution in [0.4, 0.5) is 10.2 Å². The van der Waals surface area contributed by atoms with Gasteiger partial charge in [0.1, 0.15) is 34.5 Å². The molecule has 8 heteroatoms. The number of hydrogen-bond acceptors (Lipinski definition) is 6. The van der Waals surface area contributed by atoms with Crippen molar-refractivity contribution in [1.82, 2.24) is 14.9 Å². The molecule has 0 aliphatic carbocycles. The summed E-state index contributed by atoms with van der Waals surface area (Å²) in [6.45, 7) is 6.13. The molecule has 0 bridgehead atoms. The van der Waals surface area contributed by atoms with Gasteiger partial charge in [-0.2, -0.15) is 0 Å². The van der Waals surface area contributed by atoms with Crippen LogP contribution in [0.25, 0.3) is 0 Å². The molecule has 1 fully saturated rings. The molecule has 178 valence electrons. The molecule has 1 aromatic heterocycles. The van der Waals surface area contributed by atoms with Gasteiger partial charge in [-0.3, -0.25) is 4.79 Å². The number of nitrogens with zero attached hydrogens (tertiary/aromatic N) is 4. The first-order valence-corrected chi connectivity index (χ1v) is 11.2. The number of hydrogen-bond donors (Lipinski definition) is 0. The second kappa shape index (κ2) is 10.1. The minimum Gasteiger partial charge on any atom is -0.496 e. The third-order valence-corrected chi connectivity index (χ3v) is 6.08. The molecule has 0 unspecified atom stereocenters. The number of ether oxygens (including phenoxy) is 2. The fourth-order valence-corrected chi connectivity index (χ4v) is 4.38. The normalized spacial score (nSPS) is 13.7. The lowest BCUT2D eigenvalue weighted by Gasteiger charge is -2.37. The minimum atomic E-state index is -0.261. The Hall–Kier alpha value is -3.68. The fraction of sp³-hybridized carbons (Fsp3) is 0.346. The highest BCUT2D eigenvalue weighted by atomic mass is 19.1. The highest BCUT2D eigenvalue weighted by Crippen LogP contribution is 2.31. The monoisotopic (exact) mass is 464 g/mol. The summed E-state index contributed by atoms with van der Waals surface area (Å²) in [6.07, 6.45) is 0.538. The zero-order chi connectivity index (χ0) is 24.2. The molecule has 1 aliphatic rings. The van der Waals surface area contributed by atoms with Crippen molar-refractivity contribution in [3.05, 3.63) is 76.5 Å². The summed E-state index contributed by atoms with van der Waals surface area (Å²) in [7, 11) is 3.09. The van der Waals surface area contributed by atoms with Crippen LogP contribution in [0.2, 0.25) is 0 Å². The number of rotatable bonds is 6. The Balaban J connectivity index is 1.55. The highest BCUT2D eigenvalue weighted by molar-refractivity contribution is 5.99. The van der Waals surface area contributed by atoms with Crippen molar-refractivity contribution in [1.29, 1.82) is 0 Å². The lowest BCUT2D eigenvalue weighted by molar-refractivity contribution is 0.0739. The van der Waals surface area contributed by atoms with Gasteiger partial charge in [-0.25, -0.2) is 14.4 Å². The molecule has 0 N–H and O–H groups in total. The first-order chi connectivity index (χ1) is 16.4. The van der Waals surface area contributed by atoms with E-state index in [1.54, 1.807) is 44.6 Å². The first kappa shape index (κ1) is 23.5. The second-order valence-electron chi connectivity index (χ2n) is 8.28. The van der Waals surface area contributed by atoms with E-state index in [4.69, 9.17) is 14.5 Å². The maximum Gasteiger partial charge on any atom is 0.261 e. The summed E-state index contributed by atoms with van der Waals surface area (Å²) < 4.78 is 24.6. The van der Waals surface area contributed by atoms with Gasteiger partial charge >= 0.3 is 0 Å². The topological polar surface area (TPSA) is 67.8 Å².